The van der Waals surface area contributed by atoms with Crippen molar-refractivity contribution < 1.29 is 13.2 Å². The number of halogens is 4. The molecule has 26 heavy (non-hydrogen) atoms. The van der Waals surface area contributed by atoms with Crippen LogP contribution in [0.15, 0.2) is 36.7 Å². The van der Waals surface area contributed by atoms with E-state index in [1.807, 2.05) is 6.07 Å². The van der Waals surface area contributed by atoms with Crippen LogP contribution in [0.25, 0.3) is 22.6 Å². The molecule has 2 N–H and O–H groups in total. The van der Waals surface area contributed by atoms with Crippen LogP contribution in [0.3, 0.4) is 0 Å². The minimum absolute atomic E-state index is 0.0900. The van der Waals surface area contributed by atoms with Gasteiger partial charge in [-0.25, -0.2) is 9.97 Å². The van der Waals surface area contributed by atoms with Gasteiger partial charge in [-0.05, 0) is 24.3 Å². The fourth-order valence-electron chi connectivity index (χ4n) is 2.43. The highest BCUT2D eigenvalue weighted by atomic mass is 35.5. The molecular formula is C17H11ClF3N5. The Labute approximate surface area is 151 Å². The van der Waals surface area contributed by atoms with Crippen LogP contribution in [0.2, 0.25) is 5.02 Å². The summed E-state index contributed by atoms with van der Waals surface area (Å²) in [4.78, 5) is 11.1. The monoisotopic (exact) mass is 377 g/mol. The first-order valence-corrected chi connectivity index (χ1v) is 7.71. The Hall–Kier alpha value is -3.05. The molecule has 0 aliphatic carbocycles. The molecule has 3 rings (SSSR count). The number of hydrogen-bond acceptors (Lipinski definition) is 4. The van der Waals surface area contributed by atoms with Gasteiger partial charge in [0.1, 0.15) is 18.2 Å². The zero-order valence-corrected chi connectivity index (χ0v) is 14.1. The van der Waals surface area contributed by atoms with Gasteiger partial charge < -0.3 is 10.3 Å². The second kappa shape index (κ2) is 6.69. The number of anilines is 1. The lowest BCUT2D eigenvalue weighted by Crippen LogP contribution is -2.05. The lowest BCUT2D eigenvalue weighted by molar-refractivity contribution is -0.137. The number of nitrogens with zero attached hydrogens (tertiary/aromatic N) is 3. The highest BCUT2D eigenvalue weighted by Gasteiger charge is 2.31. The van der Waals surface area contributed by atoms with Crippen LogP contribution < -0.4 is 5.32 Å². The molecule has 0 saturated heterocycles. The molecule has 0 amide bonds. The van der Waals surface area contributed by atoms with Crippen LogP contribution in [0.4, 0.5) is 19.0 Å². The van der Waals surface area contributed by atoms with Crippen LogP contribution in [0.1, 0.15) is 11.1 Å². The zero-order valence-electron chi connectivity index (χ0n) is 13.3. The van der Waals surface area contributed by atoms with E-state index in [2.05, 4.69) is 20.3 Å². The summed E-state index contributed by atoms with van der Waals surface area (Å²) in [5, 5.41) is 12.3. The van der Waals surface area contributed by atoms with Crippen LogP contribution in [0, 0.1) is 11.3 Å². The Morgan fingerprint density at radius 3 is 2.62 bits per heavy atom. The van der Waals surface area contributed by atoms with E-state index in [0.29, 0.717) is 17.2 Å². The third-order valence-corrected chi connectivity index (χ3v) is 4.03. The molecule has 2 aromatic heterocycles. The summed E-state index contributed by atoms with van der Waals surface area (Å²) in [7, 11) is 1.69. The molecule has 0 aliphatic rings. The number of alkyl halides is 3. The van der Waals surface area contributed by atoms with Crippen molar-refractivity contribution in [2.45, 2.75) is 6.18 Å². The molecule has 3 aromatic rings. The van der Waals surface area contributed by atoms with Crippen LogP contribution >= 0.6 is 11.6 Å². The maximum Gasteiger partial charge on any atom is 0.416 e. The summed E-state index contributed by atoms with van der Waals surface area (Å²) >= 11 is 6.08. The van der Waals surface area contributed by atoms with Crippen LogP contribution in [-0.2, 0) is 6.18 Å². The van der Waals surface area contributed by atoms with Crippen LogP contribution in [0.5, 0.6) is 0 Å². The predicted molar refractivity (Wildman–Crippen MR) is 91.5 cm³/mol. The Balaban J connectivity index is 2.15. The van der Waals surface area contributed by atoms with Gasteiger partial charge in [0.15, 0.2) is 0 Å². The summed E-state index contributed by atoms with van der Waals surface area (Å²) in [6.45, 7) is 0. The quantitative estimate of drug-likeness (QED) is 0.692. The molecule has 132 valence electrons. The predicted octanol–water partition coefficient (Wildman–Crippen LogP) is 4.72. The first-order valence-electron chi connectivity index (χ1n) is 7.34. The van der Waals surface area contributed by atoms with Gasteiger partial charge in [-0.3, -0.25) is 0 Å². The molecule has 9 heteroatoms. The molecule has 1 aromatic carbocycles. The van der Waals surface area contributed by atoms with E-state index in [-0.39, 0.29) is 21.8 Å². The molecule has 5 nitrogen and oxygen atoms in total. The minimum Gasteiger partial charge on any atom is -0.373 e. The zero-order chi connectivity index (χ0) is 18.9. The normalized spacial score (nSPS) is 11.2. The van der Waals surface area contributed by atoms with Crippen molar-refractivity contribution >= 4 is 17.4 Å². The fourth-order valence-corrected chi connectivity index (χ4v) is 2.64. The molecule has 0 aliphatic heterocycles. The van der Waals surface area contributed by atoms with Gasteiger partial charge in [0.05, 0.1) is 28.2 Å². The molecule has 0 atom stereocenters. The van der Waals surface area contributed by atoms with E-state index < -0.39 is 11.7 Å². The van der Waals surface area contributed by atoms with Crippen molar-refractivity contribution in [1.82, 2.24) is 15.0 Å². The number of nitriles is 1. The van der Waals surface area contributed by atoms with Gasteiger partial charge >= 0.3 is 6.18 Å². The summed E-state index contributed by atoms with van der Waals surface area (Å²) in [6.07, 6.45) is -3.18. The van der Waals surface area contributed by atoms with E-state index in [4.69, 9.17) is 11.6 Å². The van der Waals surface area contributed by atoms with Crippen molar-refractivity contribution in [3.05, 3.63) is 52.8 Å². The number of rotatable bonds is 3. The SMILES string of the molecule is CNc1cc(-c2cc(C#N)c(-c3cc(C(F)(F)F)ccc3Cl)[nH]2)ncn1. The molecule has 0 spiro atoms. The Kier molecular flexibility index (Phi) is 4.57. The lowest BCUT2D eigenvalue weighted by atomic mass is 10.1. The average molecular weight is 378 g/mol. The average Bonchev–Trinajstić information content (AvgIpc) is 3.05. The molecule has 0 unspecified atom stereocenters. The van der Waals surface area contributed by atoms with E-state index in [1.165, 1.54) is 12.4 Å². The topological polar surface area (TPSA) is 77.4 Å². The maximum absolute atomic E-state index is 13.0. The molecule has 0 saturated carbocycles. The van der Waals surface area contributed by atoms with Crippen molar-refractivity contribution in [1.29, 1.82) is 5.26 Å². The number of benzene rings is 1. The summed E-state index contributed by atoms with van der Waals surface area (Å²) in [5.41, 5.74) is 0.539. The van der Waals surface area contributed by atoms with E-state index in [0.717, 1.165) is 18.2 Å². The second-order valence-corrected chi connectivity index (χ2v) is 5.72. The van der Waals surface area contributed by atoms with Gasteiger partial charge in [-0.1, -0.05) is 11.6 Å². The van der Waals surface area contributed by atoms with Gasteiger partial charge in [0.2, 0.25) is 0 Å². The number of nitrogens with one attached hydrogen (secondary N) is 2. The van der Waals surface area contributed by atoms with Crippen molar-refractivity contribution in [2.24, 2.45) is 0 Å². The largest absolute Gasteiger partial charge is 0.416 e. The van der Waals surface area contributed by atoms with Crippen molar-refractivity contribution in [3.8, 4) is 28.7 Å². The Morgan fingerprint density at radius 2 is 1.96 bits per heavy atom. The number of hydrogen-bond donors (Lipinski definition) is 2. The summed E-state index contributed by atoms with van der Waals surface area (Å²) in [6, 6.07) is 8.09. The highest BCUT2D eigenvalue weighted by Crippen LogP contribution is 2.37. The smallest absolute Gasteiger partial charge is 0.373 e. The summed E-state index contributed by atoms with van der Waals surface area (Å²) in [5.74, 6) is 0.557. The lowest BCUT2D eigenvalue weighted by Gasteiger charge is -2.10. The number of aromatic amines is 1. The first kappa shape index (κ1) is 17.8. The van der Waals surface area contributed by atoms with Gasteiger partial charge in [0.25, 0.3) is 0 Å². The standard InChI is InChI=1S/C17H11ClF3N5/c1-23-15-6-13(24-8-25-15)14-4-9(7-22)16(26-14)11-5-10(17(19,20)21)2-3-12(11)18/h2-6,8,26H,1H3,(H,23,24,25). The second-order valence-electron chi connectivity index (χ2n) is 5.31. The van der Waals surface area contributed by atoms with Gasteiger partial charge in [0, 0.05) is 23.7 Å². The van der Waals surface area contributed by atoms with Crippen molar-refractivity contribution in [3.63, 3.8) is 0 Å². The van der Waals surface area contributed by atoms with Crippen LogP contribution in [-0.4, -0.2) is 22.0 Å². The summed E-state index contributed by atoms with van der Waals surface area (Å²) < 4.78 is 39.0. The van der Waals surface area contributed by atoms with E-state index >= 15 is 0 Å². The molecule has 0 radical (unpaired) electrons. The van der Waals surface area contributed by atoms with E-state index in [1.54, 1.807) is 13.1 Å². The molecule has 0 bridgehead atoms. The van der Waals surface area contributed by atoms with Gasteiger partial charge in [-0.2, -0.15) is 18.4 Å². The molecular weight excluding hydrogens is 367 g/mol. The first-order chi connectivity index (χ1) is 12.3. The number of aromatic nitrogens is 3. The molecule has 0 fully saturated rings. The Bertz CT molecular complexity index is 1000. The third-order valence-electron chi connectivity index (χ3n) is 3.70. The fraction of sp³-hybridized carbons (Fsp3) is 0.118. The highest BCUT2D eigenvalue weighted by molar-refractivity contribution is 6.33. The molecule has 2 heterocycles. The minimum atomic E-state index is -4.52. The van der Waals surface area contributed by atoms with E-state index in [9.17, 15) is 18.4 Å². The third kappa shape index (κ3) is 3.34. The van der Waals surface area contributed by atoms with Crippen molar-refractivity contribution in [2.75, 3.05) is 12.4 Å². The Morgan fingerprint density at radius 1 is 1.19 bits per heavy atom. The maximum atomic E-state index is 13.0. The van der Waals surface area contributed by atoms with Gasteiger partial charge in [-0.15, -0.1) is 0 Å². The number of H-pyrrole nitrogens is 1.